The minimum absolute atomic E-state index is 0.0848. The summed E-state index contributed by atoms with van der Waals surface area (Å²) < 4.78 is 4.82. The molecule has 0 unspecified atom stereocenters. The fraction of sp³-hybridized carbons (Fsp3) is 0.429. The zero-order valence-electron chi connectivity index (χ0n) is 11.3. The number of carbonyl (C=O) groups is 2. The van der Waals surface area contributed by atoms with E-state index in [0.717, 1.165) is 0 Å². The summed E-state index contributed by atoms with van der Waals surface area (Å²) in [5.74, 6) is -0.611. The Labute approximate surface area is 108 Å². The van der Waals surface area contributed by atoms with E-state index >= 15 is 0 Å². The summed E-state index contributed by atoms with van der Waals surface area (Å²) in [6.07, 6.45) is 3.45. The van der Waals surface area contributed by atoms with E-state index in [9.17, 15) is 9.59 Å². The molecule has 4 nitrogen and oxygen atoms in total. The summed E-state index contributed by atoms with van der Waals surface area (Å²) in [6, 6.07) is 0.0848. The van der Waals surface area contributed by atoms with E-state index < -0.39 is 5.97 Å². The van der Waals surface area contributed by atoms with Gasteiger partial charge in [0.1, 0.15) is 6.61 Å². The molecule has 1 amide bonds. The molecule has 0 aromatic heterocycles. The lowest BCUT2D eigenvalue weighted by molar-refractivity contribution is -0.137. The van der Waals surface area contributed by atoms with Gasteiger partial charge in [0.15, 0.2) is 0 Å². The molecule has 0 aliphatic rings. The standard InChI is InChI=1S/C14H21NO3/c1-6-9-18-14(17)12(5)8-7-11(4)13(16)15-10(2)3/h6-7,10H,1,5,8-9H2,2-4H3,(H,15,16). The highest BCUT2D eigenvalue weighted by Crippen LogP contribution is 2.06. The highest BCUT2D eigenvalue weighted by atomic mass is 16.5. The predicted molar refractivity (Wildman–Crippen MR) is 71.9 cm³/mol. The summed E-state index contributed by atoms with van der Waals surface area (Å²) >= 11 is 0. The Kier molecular flexibility index (Phi) is 7.43. The van der Waals surface area contributed by atoms with E-state index in [1.807, 2.05) is 13.8 Å². The fourth-order valence-electron chi connectivity index (χ4n) is 1.07. The van der Waals surface area contributed by atoms with Crippen molar-refractivity contribution >= 4 is 11.9 Å². The second kappa shape index (κ2) is 8.28. The van der Waals surface area contributed by atoms with Crippen molar-refractivity contribution in [1.82, 2.24) is 5.32 Å². The van der Waals surface area contributed by atoms with Gasteiger partial charge in [-0.15, -0.1) is 0 Å². The van der Waals surface area contributed by atoms with Crippen LogP contribution >= 0.6 is 0 Å². The number of rotatable bonds is 7. The first-order valence-electron chi connectivity index (χ1n) is 5.81. The van der Waals surface area contributed by atoms with Crippen molar-refractivity contribution in [2.24, 2.45) is 0 Å². The second-order valence-electron chi connectivity index (χ2n) is 4.21. The molecule has 0 atom stereocenters. The molecular formula is C14H21NO3. The normalized spacial score (nSPS) is 11.0. The number of allylic oxidation sites excluding steroid dienone is 1. The Balaban J connectivity index is 4.28. The minimum Gasteiger partial charge on any atom is -0.458 e. The van der Waals surface area contributed by atoms with Crippen LogP contribution in [0.3, 0.4) is 0 Å². The minimum atomic E-state index is -0.469. The second-order valence-corrected chi connectivity index (χ2v) is 4.21. The molecule has 0 fully saturated rings. The van der Waals surface area contributed by atoms with Crippen molar-refractivity contribution in [1.29, 1.82) is 0 Å². The molecule has 0 heterocycles. The molecule has 0 bridgehead atoms. The molecule has 100 valence electrons. The van der Waals surface area contributed by atoms with Crippen molar-refractivity contribution in [2.45, 2.75) is 33.2 Å². The van der Waals surface area contributed by atoms with Gasteiger partial charge in [-0.2, -0.15) is 0 Å². The average Bonchev–Trinajstić information content (AvgIpc) is 2.31. The number of carbonyl (C=O) groups excluding carboxylic acids is 2. The Morgan fingerprint density at radius 2 is 2.00 bits per heavy atom. The van der Waals surface area contributed by atoms with E-state index in [1.165, 1.54) is 6.08 Å². The summed E-state index contributed by atoms with van der Waals surface area (Å²) in [7, 11) is 0. The molecule has 4 heteroatoms. The maximum absolute atomic E-state index is 11.6. The molecule has 0 aromatic carbocycles. The zero-order chi connectivity index (χ0) is 14.1. The lowest BCUT2D eigenvalue weighted by Crippen LogP contribution is -2.30. The Bertz CT molecular complexity index is 367. The number of ether oxygens (including phenoxy) is 1. The molecule has 0 aliphatic carbocycles. The zero-order valence-corrected chi connectivity index (χ0v) is 11.3. The molecule has 0 saturated heterocycles. The van der Waals surface area contributed by atoms with Crippen LogP contribution in [0.5, 0.6) is 0 Å². The van der Waals surface area contributed by atoms with Crippen LogP contribution in [0.15, 0.2) is 36.5 Å². The van der Waals surface area contributed by atoms with Crippen LogP contribution in [-0.2, 0) is 14.3 Å². The van der Waals surface area contributed by atoms with Gasteiger partial charge in [-0.3, -0.25) is 4.79 Å². The van der Waals surface area contributed by atoms with Gasteiger partial charge in [-0.1, -0.05) is 25.3 Å². The number of esters is 1. The predicted octanol–water partition coefficient (Wildman–Crippen LogP) is 2.13. The van der Waals surface area contributed by atoms with E-state index in [0.29, 0.717) is 17.6 Å². The van der Waals surface area contributed by atoms with Gasteiger partial charge >= 0.3 is 5.97 Å². The van der Waals surface area contributed by atoms with Crippen molar-refractivity contribution in [3.63, 3.8) is 0 Å². The van der Waals surface area contributed by atoms with Crippen molar-refractivity contribution in [3.8, 4) is 0 Å². The largest absolute Gasteiger partial charge is 0.458 e. The quantitative estimate of drug-likeness (QED) is 0.428. The van der Waals surface area contributed by atoms with E-state index in [4.69, 9.17) is 4.74 Å². The third kappa shape index (κ3) is 6.68. The molecule has 0 saturated carbocycles. The van der Waals surface area contributed by atoms with Gasteiger partial charge in [0, 0.05) is 17.2 Å². The molecule has 1 N–H and O–H groups in total. The molecule has 0 aromatic rings. The van der Waals surface area contributed by atoms with Gasteiger partial charge in [-0.25, -0.2) is 4.79 Å². The van der Waals surface area contributed by atoms with E-state index in [1.54, 1.807) is 13.0 Å². The van der Waals surface area contributed by atoms with Gasteiger partial charge in [0.2, 0.25) is 5.91 Å². The van der Waals surface area contributed by atoms with E-state index in [-0.39, 0.29) is 18.6 Å². The Hall–Kier alpha value is -1.84. The molecular weight excluding hydrogens is 230 g/mol. The fourth-order valence-corrected chi connectivity index (χ4v) is 1.07. The molecule has 0 rings (SSSR count). The third-order valence-corrected chi connectivity index (χ3v) is 2.05. The molecule has 0 radical (unpaired) electrons. The highest BCUT2D eigenvalue weighted by Gasteiger charge is 2.09. The van der Waals surface area contributed by atoms with Crippen LogP contribution in [0.4, 0.5) is 0 Å². The van der Waals surface area contributed by atoms with Gasteiger partial charge in [0.25, 0.3) is 0 Å². The maximum Gasteiger partial charge on any atom is 0.334 e. The summed E-state index contributed by atoms with van der Waals surface area (Å²) in [5.41, 5.74) is 0.870. The van der Waals surface area contributed by atoms with Crippen LogP contribution in [0.25, 0.3) is 0 Å². The van der Waals surface area contributed by atoms with Gasteiger partial charge in [0.05, 0.1) is 0 Å². The highest BCUT2D eigenvalue weighted by molar-refractivity contribution is 5.93. The smallest absolute Gasteiger partial charge is 0.334 e. The van der Waals surface area contributed by atoms with Crippen molar-refractivity contribution in [3.05, 3.63) is 36.5 Å². The Morgan fingerprint density at radius 3 is 2.50 bits per heavy atom. The van der Waals surface area contributed by atoms with Crippen molar-refractivity contribution < 1.29 is 14.3 Å². The Morgan fingerprint density at radius 1 is 1.39 bits per heavy atom. The maximum atomic E-state index is 11.6. The first kappa shape index (κ1) is 16.2. The first-order valence-corrected chi connectivity index (χ1v) is 5.81. The van der Waals surface area contributed by atoms with Crippen LogP contribution in [-0.4, -0.2) is 24.5 Å². The van der Waals surface area contributed by atoms with Gasteiger partial charge < -0.3 is 10.1 Å². The van der Waals surface area contributed by atoms with Crippen molar-refractivity contribution in [2.75, 3.05) is 6.61 Å². The summed E-state index contributed by atoms with van der Waals surface area (Å²) in [5, 5.41) is 2.76. The van der Waals surface area contributed by atoms with Crippen LogP contribution in [0.1, 0.15) is 27.2 Å². The number of hydrogen-bond acceptors (Lipinski definition) is 3. The van der Waals surface area contributed by atoms with Gasteiger partial charge in [-0.05, 0) is 27.2 Å². The number of hydrogen-bond donors (Lipinski definition) is 1. The van der Waals surface area contributed by atoms with E-state index in [2.05, 4.69) is 18.5 Å². The van der Waals surface area contributed by atoms with Crippen LogP contribution in [0.2, 0.25) is 0 Å². The number of nitrogens with one attached hydrogen (secondary N) is 1. The first-order chi connectivity index (χ1) is 8.38. The monoisotopic (exact) mass is 251 g/mol. The molecule has 0 aliphatic heterocycles. The summed E-state index contributed by atoms with van der Waals surface area (Å²) in [6.45, 7) is 12.7. The lowest BCUT2D eigenvalue weighted by atomic mass is 10.1. The molecule has 18 heavy (non-hydrogen) atoms. The average molecular weight is 251 g/mol. The SMILES string of the molecule is C=CCOC(=O)C(=C)CC=C(C)C(=O)NC(C)C. The lowest BCUT2D eigenvalue weighted by Gasteiger charge is -2.08. The number of amides is 1. The molecule has 0 spiro atoms. The third-order valence-electron chi connectivity index (χ3n) is 2.05. The topological polar surface area (TPSA) is 55.4 Å². The van der Waals surface area contributed by atoms with Crippen LogP contribution < -0.4 is 5.32 Å². The van der Waals surface area contributed by atoms with Crippen LogP contribution in [0, 0.1) is 0 Å². The summed E-state index contributed by atoms with van der Waals surface area (Å²) in [4.78, 5) is 22.9.